The molecule has 2 rings (SSSR count). The summed E-state index contributed by atoms with van der Waals surface area (Å²) in [7, 11) is 0. The van der Waals surface area contributed by atoms with Crippen molar-refractivity contribution in [3.05, 3.63) is 29.6 Å². The molecule has 4 nitrogen and oxygen atoms in total. The summed E-state index contributed by atoms with van der Waals surface area (Å²) in [6.07, 6.45) is 3.54. The monoisotopic (exact) mass is 262 g/mol. The number of hydrogen-bond acceptors (Lipinski definition) is 3. The summed E-state index contributed by atoms with van der Waals surface area (Å²) in [5.41, 5.74) is -0.172. The molecule has 0 bridgehead atoms. The molecule has 1 fully saturated rings. The third-order valence-corrected chi connectivity index (χ3v) is 3.26. The Labute approximate surface area is 111 Å². The average molecular weight is 262 g/mol. The van der Waals surface area contributed by atoms with Crippen molar-refractivity contribution in [2.75, 3.05) is 13.2 Å². The summed E-state index contributed by atoms with van der Waals surface area (Å²) in [6.45, 7) is 0.460. The zero-order valence-corrected chi connectivity index (χ0v) is 10.5. The highest BCUT2D eigenvalue weighted by atomic mass is 19.1. The first kappa shape index (κ1) is 13.3. The second-order valence-corrected chi connectivity index (χ2v) is 4.61. The molecule has 0 radical (unpaired) electrons. The maximum atomic E-state index is 13.3. The Bertz CT molecular complexity index is 507. The zero-order chi connectivity index (χ0) is 13.7. The van der Waals surface area contributed by atoms with Crippen LogP contribution in [0.5, 0.6) is 5.75 Å². The second-order valence-electron chi connectivity index (χ2n) is 4.61. The molecule has 0 aromatic heterocycles. The minimum atomic E-state index is -0.644. The number of rotatable bonds is 5. The third kappa shape index (κ3) is 3.44. The van der Waals surface area contributed by atoms with Crippen LogP contribution < -0.4 is 10.1 Å². The molecule has 0 heterocycles. The van der Waals surface area contributed by atoms with Crippen LogP contribution in [0.1, 0.15) is 24.8 Å². The summed E-state index contributed by atoms with van der Waals surface area (Å²) >= 11 is 0. The molecule has 1 aliphatic rings. The van der Waals surface area contributed by atoms with E-state index in [1.807, 2.05) is 0 Å². The summed E-state index contributed by atoms with van der Waals surface area (Å²) in [5.74, 6) is -0.219. The lowest BCUT2D eigenvalue weighted by Crippen LogP contribution is -2.35. The van der Waals surface area contributed by atoms with Crippen molar-refractivity contribution >= 4 is 5.91 Å². The van der Waals surface area contributed by atoms with E-state index in [-0.39, 0.29) is 23.8 Å². The van der Waals surface area contributed by atoms with E-state index in [9.17, 15) is 9.18 Å². The van der Waals surface area contributed by atoms with Crippen LogP contribution in [0.4, 0.5) is 4.39 Å². The van der Waals surface area contributed by atoms with E-state index in [2.05, 4.69) is 5.32 Å². The van der Waals surface area contributed by atoms with Gasteiger partial charge in [-0.05, 0) is 30.9 Å². The Morgan fingerprint density at radius 2 is 2.32 bits per heavy atom. The van der Waals surface area contributed by atoms with Gasteiger partial charge < -0.3 is 10.1 Å². The highest BCUT2D eigenvalue weighted by molar-refractivity contribution is 5.77. The first-order valence-corrected chi connectivity index (χ1v) is 6.29. The maximum Gasteiger partial charge on any atom is 0.257 e. The van der Waals surface area contributed by atoms with Crippen LogP contribution in [0.2, 0.25) is 0 Å². The van der Waals surface area contributed by atoms with Crippen molar-refractivity contribution in [2.24, 2.45) is 5.92 Å². The highest BCUT2D eigenvalue weighted by Gasteiger charge is 2.18. The topological polar surface area (TPSA) is 62.1 Å². The molecule has 1 aromatic rings. The van der Waals surface area contributed by atoms with Crippen LogP contribution in [0, 0.1) is 23.1 Å². The Morgan fingerprint density at radius 1 is 1.53 bits per heavy atom. The van der Waals surface area contributed by atoms with Gasteiger partial charge in [0, 0.05) is 6.54 Å². The van der Waals surface area contributed by atoms with Gasteiger partial charge in [-0.25, -0.2) is 4.39 Å². The number of amides is 1. The highest BCUT2D eigenvalue weighted by Crippen LogP contribution is 2.25. The lowest BCUT2D eigenvalue weighted by Gasteiger charge is -2.25. The van der Waals surface area contributed by atoms with Crippen molar-refractivity contribution in [3.8, 4) is 11.8 Å². The van der Waals surface area contributed by atoms with Gasteiger partial charge in [-0.1, -0.05) is 12.5 Å². The second kappa shape index (κ2) is 6.19. The molecular weight excluding hydrogens is 247 g/mol. The van der Waals surface area contributed by atoms with Gasteiger partial charge in [0.1, 0.15) is 23.2 Å². The average Bonchev–Trinajstić information content (AvgIpc) is 2.34. The van der Waals surface area contributed by atoms with Gasteiger partial charge in [0.15, 0.2) is 6.61 Å². The number of carbonyl (C=O) groups excluding carboxylic acids is 1. The predicted molar refractivity (Wildman–Crippen MR) is 67.0 cm³/mol. The van der Waals surface area contributed by atoms with E-state index < -0.39 is 5.82 Å². The van der Waals surface area contributed by atoms with Crippen LogP contribution in [0.15, 0.2) is 18.2 Å². The number of ether oxygens (including phenoxy) is 1. The molecule has 19 heavy (non-hydrogen) atoms. The zero-order valence-electron chi connectivity index (χ0n) is 10.5. The van der Waals surface area contributed by atoms with E-state index in [1.165, 1.54) is 24.6 Å². The number of benzene rings is 1. The van der Waals surface area contributed by atoms with Gasteiger partial charge in [0.25, 0.3) is 5.91 Å². The lowest BCUT2D eigenvalue weighted by atomic mass is 9.85. The van der Waals surface area contributed by atoms with Gasteiger partial charge in [-0.3, -0.25) is 4.79 Å². The van der Waals surface area contributed by atoms with Crippen molar-refractivity contribution in [3.63, 3.8) is 0 Å². The number of nitriles is 1. The lowest BCUT2D eigenvalue weighted by molar-refractivity contribution is -0.123. The van der Waals surface area contributed by atoms with Gasteiger partial charge in [0.2, 0.25) is 0 Å². The van der Waals surface area contributed by atoms with Crippen molar-refractivity contribution in [1.82, 2.24) is 5.32 Å². The predicted octanol–water partition coefficient (Wildman–Crippen LogP) is 1.99. The SMILES string of the molecule is N#Cc1c(F)cccc1OCC(=O)NCC1CCC1. The fourth-order valence-corrected chi connectivity index (χ4v) is 1.88. The van der Waals surface area contributed by atoms with Crippen LogP contribution in [-0.4, -0.2) is 19.1 Å². The molecule has 1 N–H and O–H groups in total. The van der Waals surface area contributed by atoms with E-state index in [4.69, 9.17) is 10.00 Å². The first-order chi connectivity index (χ1) is 9.20. The van der Waals surface area contributed by atoms with Crippen molar-refractivity contribution in [2.45, 2.75) is 19.3 Å². The number of halogens is 1. The molecule has 1 amide bonds. The van der Waals surface area contributed by atoms with E-state index in [0.717, 1.165) is 12.8 Å². The molecule has 5 heteroatoms. The Morgan fingerprint density at radius 3 is 2.95 bits per heavy atom. The minimum absolute atomic E-state index is 0.0984. The molecule has 1 saturated carbocycles. The van der Waals surface area contributed by atoms with Crippen LogP contribution in [-0.2, 0) is 4.79 Å². The summed E-state index contributed by atoms with van der Waals surface area (Å²) in [5, 5.41) is 11.6. The molecule has 0 aliphatic heterocycles. The molecule has 1 aliphatic carbocycles. The smallest absolute Gasteiger partial charge is 0.257 e. The molecule has 100 valence electrons. The number of carbonyl (C=O) groups is 1. The standard InChI is InChI=1S/C14H15FN2O2/c15-12-5-2-6-13(11(12)7-16)19-9-14(18)17-8-10-3-1-4-10/h2,5-6,10H,1,3-4,8-9H2,(H,17,18). The van der Waals surface area contributed by atoms with Crippen molar-refractivity contribution < 1.29 is 13.9 Å². The molecular formula is C14H15FN2O2. The molecule has 0 atom stereocenters. The fraction of sp³-hybridized carbons (Fsp3) is 0.429. The Hall–Kier alpha value is -2.09. The van der Waals surface area contributed by atoms with Crippen LogP contribution in [0.3, 0.4) is 0 Å². The first-order valence-electron chi connectivity index (χ1n) is 6.29. The third-order valence-electron chi connectivity index (χ3n) is 3.26. The molecule has 0 unspecified atom stereocenters. The van der Waals surface area contributed by atoms with Crippen molar-refractivity contribution in [1.29, 1.82) is 5.26 Å². The fourth-order valence-electron chi connectivity index (χ4n) is 1.88. The van der Waals surface area contributed by atoms with Crippen LogP contribution >= 0.6 is 0 Å². The van der Waals surface area contributed by atoms with E-state index in [0.29, 0.717) is 12.5 Å². The summed E-state index contributed by atoms with van der Waals surface area (Å²) < 4.78 is 18.5. The summed E-state index contributed by atoms with van der Waals surface area (Å²) in [6, 6.07) is 5.82. The summed E-state index contributed by atoms with van der Waals surface area (Å²) in [4.78, 5) is 11.5. The number of nitrogens with zero attached hydrogens (tertiary/aromatic N) is 1. The number of nitrogens with one attached hydrogen (secondary N) is 1. The number of hydrogen-bond donors (Lipinski definition) is 1. The van der Waals surface area contributed by atoms with Gasteiger partial charge >= 0.3 is 0 Å². The Kier molecular flexibility index (Phi) is 4.35. The Balaban J connectivity index is 1.83. The quantitative estimate of drug-likeness (QED) is 0.882. The van der Waals surface area contributed by atoms with Gasteiger partial charge in [-0.2, -0.15) is 5.26 Å². The minimum Gasteiger partial charge on any atom is -0.482 e. The van der Waals surface area contributed by atoms with E-state index >= 15 is 0 Å². The largest absolute Gasteiger partial charge is 0.482 e. The van der Waals surface area contributed by atoms with E-state index in [1.54, 1.807) is 6.07 Å². The normalized spacial score (nSPS) is 14.3. The molecule has 0 spiro atoms. The molecule has 0 saturated heterocycles. The maximum absolute atomic E-state index is 13.3. The van der Waals surface area contributed by atoms with Gasteiger partial charge in [0.05, 0.1) is 0 Å². The molecule has 1 aromatic carbocycles. The van der Waals surface area contributed by atoms with Gasteiger partial charge in [-0.15, -0.1) is 0 Å². The van der Waals surface area contributed by atoms with Crippen LogP contribution in [0.25, 0.3) is 0 Å².